The summed E-state index contributed by atoms with van der Waals surface area (Å²) in [5.74, 6) is -1.32. The number of hydrogen-bond donors (Lipinski definition) is 4. The molecule has 4 saturated carbocycles. The summed E-state index contributed by atoms with van der Waals surface area (Å²) in [6.45, 7) is -0.201. The Morgan fingerprint density at radius 1 is 1.12 bits per heavy atom. The number of pyridine rings is 1. The van der Waals surface area contributed by atoms with Crippen LogP contribution in [0.5, 0.6) is 0 Å². The summed E-state index contributed by atoms with van der Waals surface area (Å²) in [5.41, 5.74) is 4.35. The second-order valence-corrected chi connectivity index (χ2v) is 11.0. The number of Topliss-reactive ketones (excluding diaryl/α,β-unsaturated/α-hetero) is 1. The van der Waals surface area contributed by atoms with Gasteiger partial charge in [-0.05, 0) is 67.9 Å². The maximum absolute atomic E-state index is 13.1. The molecule has 4 aliphatic carbocycles. The molecule has 0 radical (unpaired) electrons. The van der Waals surface area contributed by atoms with Crippen LogP contribution < -0.4 is 27.2 Å². The molecule has 0 spiro atoms. The number of carbonyl (C=O) groups is 5. The third kappa shape index (κ3) is 5.51. The first kappa shape index (κ1) is 27.2. The van der Waals surface area contributed by atoms with E-state index in [-0.39, 0.29) is 36.3 Å². The molecular weight excluding hydrogens is 520 g/mol. The van der Waals surface area contributed by atoms with Crippen LogP contribution in [0.4, 0.5) is 5.69 Å². The monoisotopic (exact) mass is 552 g/mol. The molecular formula is C26H32N8O6. The van der Waals surface area contributed by atoms with Gasteiger partial charge in [0.2, 0.25) is 17.6 Å². The van der Waals surface area contributed by atoms with Crippen LogP contribution in [0, 0.1) is 23.7 Å². The van der Waals surface area contributed by atoms with E-state index in [1.165, 1.54) is 47.2 Å². The average molecular weight is 553 g/mol. The number of nitrogens with zero attached hydrogens (tertiary/aromatic N) is 4. The van der Waals surface area contributed by atoms with E-state index in [1.54, 1.807) is 0 Å². The van der Waals surface area contributed by atoms with E-state index in [9.17, 15) is 28.8 Å². The van der Waals surface area contributed by atoms with Crippen LogP contribution in [0.1, 0.15) is 49.0 Å². The fourth-order valence-electron chi connectivity index (χ4n) is 6.72. The number of aromatic nitrogens is 4. The van der Waals surface area contributed by atoms with E-state index >= 15 is 0 Å². The number of rotatable bonds is 11. The Morgan fingerprint density at radius 2 is 1.90 bits per heavy atom. The summed E-state index contributed by atoms with van der Waals surface area (Å²) in [6, 6.07) is 1.75. The maximum atomic E-state index is 13.1. The first-order valence-corrected chi connectivity index (χ1v) is 13.4. The van der Waals surface area contributed by atoms with Crippen LogP contribution in [0.25, 0.3) is 0 Å². The summed E-state index contributed by atoms with van der Waals surface area (Å²) < 4.78 is 2.41. The highest BCUT2D eigenvalue weighted by atomic mass is 16.2. The molecule has 2 aromatic rings. The normalized spacial score (nSPS) is 24.9. The zero-order valence-electron chi connectivity index (χ0n) is 22.0. The smallest absolute Gasteiger partial charge is 0.284 e. The van der Waals surface area contributed by atoms with Crippen molar-refractivity contribution < 1.29 is 24.0 Å². The highest BCUT2D eigenvalue weighted by Crippen LogP contribution is 2.58. The summed E-state index contributed by atoms with van der Waals surface area (Å²) >= 11 is 0. The SMILES string of the molecule is Cn1nncc1C(=O)N[C@@H](CCC(=O)C(N)=O)C(=O)Nc1cccn(CC(=O)NC2C3CC4CC(C3)C2C4)c1=O. The fourth-order valence-corrected chi connectivity index (χ4v) is 6.72. The lowest BCUT2D eigenvalue weighted by atomic mass is 9.79. The van der Waals surface area contributed by atoms with Crippen molar-refractivity contribution in [3.8, 4) is 0 Å². The molecule has 14 nitrogen and oxygen atoms in total. The Morgan fingerprint density at radius 3 is 2.60 bits per heavy atom. The standard InChI is InChI=1S/C26H32N8O6/c1-33-19(11-28-32-33)25(39)29-17(4-5-20(35)23(27)37)24(38)30-18-3-2-6-34(26(18)40)12-21(36)31-22-15-8-13-7-14(10-15)16(22)9-13/h2-3,6,11,13-17,22H,4-5,7-10,12H2,1H3,(H2,27,37)(H,29,39)(H,30,38)(H,31,36)/t13?,14?,15?,16?,17-,22?/m0/s1. The molecule has 0 aliphatic heterocycles. The van der Waals surface area contributed by atoms with Gasteiger partial charge in [0, 0.05) is 25.7 Å². The minimum absolute atomic E-state index is 0.0516. The molecule has 2 aromatic heterocycles. The predicted octanol–water partition coefficient (Wildman–Crippen LogP) is -0.901. The van der Waals surface area contributed by atoms with Gasteiger partial charge in [-0.2, -0.15) is 0 Å². The summed E-state index contributed by atoms with van der Waals surface area (Å²) in [5, 5.41) is 15.4. The van der Waals surface area contributed by atoms with Crippen molar-refractivity contribution in [2.24, 2.45) is 36.5 Å². The third-order valence-electron chi connectivity index (χ3n) is 8.48. The quantitative estimate of drug-likeness (QED) is 0.257. The van der Waals surface area contributed by atoms with Crippen molar-refractivity contribution in [3.63, 3.8) is 0 Å². The van der Waals surface area contributed by atoms with Crippen molar-refractivity contribution in [2.75, 3.05) is 5.32 Å². The highest BCUT2D eigenvalue weighted by molar-refractivity contribution is 6.35. The number of hydrogen-bond acceptors (Lipinski definition) is 8. The van der Waals surface area contributed by atoms with Gasteiger partial charge in [0.15, 0.2) is 0 Å². The molecule has 6 atom stereocenters. The van der Waals surface area contributed by atoms with Crippen LogP contribution in [0.15, 0.2) is 29.3 Å². The van der Waals surface area contributed by atoms with Crippen molar-refractivity contribution >= 4 is 35.1 Å². The van der Waals surface area contributed by atoms with E-state index < -0.39 is 41.5 Å². The third-order valence-corrected chi connectivity index (χ3v) is 8.48. The highest BCUT2D eigenvalue weighted by Gasteiger charge is 2.54. The lowest BCUT2D eigenvalue weighted by Gasteiger charge is -2.32. The molecule has 14 heteroatoms. The largest absolute Gasteiger partial charge is 0.363 e. The lowest BCUT2D eigenvalue weighted by molar-refractivity contribution is -0.136. The first-order chi connectivity index (χ1) is 19.1. The summed E-state index contributed by atoms with van der Waals surface area (Å²) in [4.78, 5) is 74.7. The van der Waals surface area contributed by atoms with Gasteiger partial charge in [-0.15, -0.1) is 5.10 Å². The van der Waals surface area contributed by atoms with Crippen LogP contribution in [0.2, 0.25) is 0 Å². The van der Waals surface area contributed by atoms with E-state index in [2.05, 4.69) is 26.3 Å². The minimum Gasteiger partial charge on any atom is -0.363 e. The summed E-state index contributed by atoms with van der Waals surface area (Å²) in [7, 11) is 1.48. The number of nitrogens with one attached hydrogen (secondary N) is 3. The van der Waals surface area contributed by atoms with Gasteiger partial charge in [-0.1, -0.05) is 5.21 Å². The fraction of sp³-hybridized carbons (Fsp3) is 0.538. The molecule has 5 unspecified atom stereocenters. The zero-order chi connectivity index (χ0) is 28.6. The lowest BCUT2D eigenvalue weighted by Crippen LogP contribution is -2.46. The van der Waals surface area contributed by atoms with Gasteiger partial charge >= 0.3 is 0 Å². The molecule has 0 saturated heterocycles. The molecule has 212 valence electrons. The van der Waals surface area contributed by atoms with Gasteiger partial charge in [0.1, 0.15) is 24.0 Å². The second kappa shape index (κ2) is 11.0. The molecule has 4 bridgehead atoms. The van der Waals surface area contributed by atoms with Crippen molar-refractivity contribution in [3.05, 3.63) is 40.6 Å². The minimum atomic E-state index is -1.30. The van der Waals surface area contributed by atoms with E-state index in [4.69, 9.17) is 5.73 Å². The van der Waals surface area contributed by atoms with Gasteiger partial charge in [0.25, 0.3) is 17.4 Å². The second-order valence-electron chi connectivity index (χ2n) is 11.0. The van der Waals surface area contributed by atoms with Crippen LogP contribution in [0.3, 0.4) is 0 Å². The van der Waals surface area contributed by atoms with E-state index in [0.717, 1.165) is 25.2 Å². The van der Waals surface area contributed by atoms with Crippen molar-refractivity contribution in [1.29, 1.82) is 0 Å². The number of anilines is 1. The van der Waals surface area contributed by atoms with Gasteiger partial charge in [-0.3, -0.25) is 28.8 Å². The Bertz CT molecular complexity index is 1410. The van der Waals surface area contributed by atoms with Crippen LogP contribution >= 0.6 is 0 Å². The molecule has 5 N–H and O–H groups in total. The molecule has 2 heterocycles. The van der Waals surface area contributed by atoms with Gasteiger partial charge < -0.3 is 26.3 Å². The Balaban J connectivity index is 1.25. The maximum Gasteiger partial charge on any atom is 0.284 e. The zero-order valence-corrected chi connectivity index (χ0v) is 22.0. The molecule has 40 heavy (non-hydrogen) atoms. The number of nitrogens with two attached hydrogens (primary N) is 1. The number of primary amides is 1. The Kier molecular flexibility index (Phi) is 7.50. The van der Waals surface area contributed by atoms with E-state index in [1.807, 2.05) is 0 Å². The number of ketones is 1. The number of carbonyl (C=O) groups excluding carboxylic acids is 5. The molecule has 4 fully saturated rings. The molecule has 4 amide bonds. The number of aryl methyl sites for hydroxylation is 1. The van der Waals surface area contributed by atoms with Crippen LogP contribution in [-0.4, -0.2) is 61.1 Å². The van der Waals surface area contributed by atoms with Crippen molar-refractivity contribution in [1.82, 2.24) is 30.2 Å². The van der Waals surface area contributed by atoms with Crippen molar-refractivity contribution in [2.45, 2.75) is 57.2 Å². The Labute approximate surface area is 229 Å². The molecule has 4 aliphatic rings. The first-order valence-electron chi connectivity index (χ1n) is 13.4. The van der Waals surface area contributed by atoms with E-state index in [0.29, 0.717) is 17.8 Å². The van der Waals surface area contributed by atoms with Crippen LogP contribution in [-0.2, 0) is 32.8 Å². The molecule has 0 aromatic carbocycles. The number of amides is 4. The molecule has 6 rings (SSSR count). The topological polar surface area (TPSA) is 200 Å². The van der Waals surface area contributed by atoms with Gasteiger partial charge in [-0.25, -0.2) is 4.68 Å². The average Bonchev–Trinajstić information content (AvgIpc) is 3.54. The van der Waals surface area contributed by atoms with Gasteiger partial charge in [0.05, 0.1) is 6.20 Å². The summed E-state index contributed by atoms with van der Waals surface area (Å²) in [6.07, 6.45) is 6.73. The Hall–Kier alpha value is -4.36. The predicted molar refractivity (Wildman–Crippen MR) is 139 cm³/mol.